The van der Waals surface area contributed by atoms with E-state index in [0.717, 1.165) is 5.56 Å². The number of carboxylic acid groups (broad SMARTS) is 1. The van der Waals surface area contributed by atoms with Crippen molar-refractivity contribution in [3.8, 4) is 0 Å². The van der Waals surface area contributed by atoms with E-state index in [4.69, 9.17) is 10.8 Å². The number of carboxylic acids is 1. The summed E-state index contributed by atoms with van der Waals surface area (Å²) in [6, 6.07) is 8.98. The lowest BCUT2D eigenvalue weighted by Gasteiger charge is -2.05. The molecule has 0 amide bonds. The quantitative estimate of drug-likeness (QED) is 0.722. The zero-order valence-electron chi connectivity index (χ0n) is 7.81. The van der Waals surface area contributed by atoms with Crippen molar-refractivity contribution in [3.05, 3.63) is 35.9 Å². The number of aryl methyl sites for hydroxylation is 1. The van der Waals surface area contributed by atoms with Gasteiger partial charge in [0.1, 0.15) is 6.04 Å². The predicted octanol–water partition coefficient (Wildman–Crippen LogP) is 0.206. The van der Waals surface area contributed by atoms with E-state index in [1.807, 2.05) is 30.3 Å². The topological polar surface area (TPSA) is 94.8 Å². The van der Waals surface area contributed by atoms with Gasteiger partial charge in [-0.25, -0.2) is 0 Å². The summed E-state index contributed by atoms with van der Waals surface area (Å²) >= 11 is 0. The van der Waals surface area contributed by atoms with Crippen molar-refractivity contribution in [3.63, 3.8) is 0 Å². The van der Waals surface area contributed by atoms with E-state index in [0.29, 0.717) is 12.8 Å². The highest BCUT2D eigenvalue weighted by atomic mass is 16.4. The molecular formula is C10H15NO3. The number of rotatable bonds is 4. The van der Waals surface area contributed by atoms with Gasteiger partial charge >= 0.3 is 5.97 Å². The highest BCUT2D eigenvalue weighted by Gasteiger charge is 2.10. The molecule has 1 aromatic rings. The Morgan fingerprint density at radius 2 is 1.93 bits per heavy atom. The van der Waals surface area contributed by atoms with Crippen LogP contribution in [0.3, 0.4) is 0 Å². The SMILES string of the molecule is N[C@@H](CCc1ccccc1)C(=O)O.O. The van der Waals surface area contributed by atoms with E-state index in [1.54, 1.807) is 0 Å². The van der Waals surface area contributed by atoms with Gasteiger partial charge in [-0.3, -0.25) is 4.79 Å². The van der Waals surface area contributed by atoms with Crippen LogP contribution in [0.5, 0.6) is 0 Å². The number of hydrogen-bond acceptors (Lipinski definition) is 2. The number of carbonyl (C=O) groups is 1. The molecule has 4 nitrogen and oxygen atoms in total. The van der Waals surface area contributed by atoms with Crippen molar-refractivity contribution in [1.29, 1.82) is 0 Å². The van der Waals surface area contributed by atoms with Crippen LogP contribution in [-0.4, -0.2) is 22.6 Å². The molecule has 0 saturated heterocycles. The van der Waals surface area contributed by atoms with Crippen molar-refractivity contribution in [2.45, 2.75) is 18.9 Å². The standard InChI is InChI=1S/C10H13NO2.H2O/c11-9(10(12)13)7-6-8-4-2-1-3-5-8;/h1-5,9H,6-7,11H2,(H,12,13);1H2/t9-;/m0./s1. The second kappa shape index (κ2) is 6.12. The van der Waals surface area contributed by atoms with Crippen molar-refractivity contribution >= 4 is 5.97 Å². The number of benzene rings is 1. The molecule has 0 fully saturated rings. The molecule has 0 bridgehead atoms. The highest BCUT2D eigenvalue weighted by Crippen LogP contribution is 2.03. The van der Waals surface area contributed by atoms with Crippen LogP contribution >= 0.6 is 0 Å². The minimum absolute atomic E-state index is 0. The van der Waals surface area contributed by atoms with Gasteiger partial charge in [0.05, 0.1) is 0 Å². The molecule has 0 unspecified atom stereocenters. The summed E-state index contributed by atoms with van der Waals surface area (Å²) in [4.78, 5) is 10.4. The minimum Gasteiger partial charge on any atom is -0.480 e. The predicted molar refractivity (Wildman–Crippen MR) is 54.0 cm³/mol. The maximum absolute atomic E-state index is 10.4. The van der Waals surface area contributed by atoms with Crippen molar-refractivity contribution in [2.75, 3.05) is 0 Å². The second-order valence-corrected chi connectivity index (χ2v) is 2.97. The summed E-state index contributed by atoms with van der Waals surface area (Å²) in [5.41, 5.74) is 6.49. The van der Waals surface area contributed by atoms with Crippen LogP contribution in [0.15, 0.2) is 30.3 Å². The van der Waals surface area contributed by atoms with Crippen LogP contribution < -0.4 is 5.73 Å². The number of aliphatic carboxylic acids is 1. The maximum atomic E-state index is 10.4. The number of hydrogen-bond donors (Lipinski definition) is 2. The highest BCUT2D eigenvalue weighted by molar-refractivity contribution is 5.73. The van der Waals surface area contributed by atoms with Crippen LogP contribution in [0.4, 0.5) is 0 Å². The summed E-state index contributed by atoms with van der Waals surface area (Å²) in [7, 11) is 0. The molecule has 1 rings (SSSR count). The smallest absolute Gasteiger partial charge is 0.320 e. The molecule has 0 aliphatic carbocycles. The van der Waals surface area contributed by atoms with Gasteiger partial charge in [-0.2, -0.15) is 0 Å². The molecule has 0 saturated carbocycles. The summed E-state index contributed by atoms with van der Waals surface area (Å²) in [6.07, 6.45) is 1.20. The molecule has 4 heteroatoms. The largest absolute Gasteiger partial charge is 0.480 e. The average molecular weight is 197 g/mol. The molecule has 0 aliphatic heterocycles. The molecule has 14 heavy (non-hydrogen) atoms. The Bertz CT molecular complexity index is 274. The van der Waals surface area contributed by atoms with Crippen molar-refractivity contribution in [1.82, 2.24) is 0 Å². The fraction of sp³-hybridized carbons (Fsp3) is 0.300. The Morgan fingerprint density at radius 3 is 2.43 bits per heavy atom. The molecular weight excluding hydrogens is 182 g/mol. The van der Waals surface area contributed by atoms with Crippen molar-refractivity contribution < 1.29 is 15.4 Å². The summed E-state index contributed by atoms with van der Waals surface area (Å²) in [6.45, 7) is 0. The maximum Gasteiger partial charge on any atom is 0.320 e. The zero-order valence-corrected chi connectivity index (χ0v) is 7.81. The molecule has 1 atom stereocenters. The first-order chi connectivity index (χ1) is 6.20. The average Bonchev–Trinajstić information content (AvgIpc) is 2.15. The Morgan fingerprint density at radius 1 is 1.36 bits per heavy atom. The molecule has 0 radical (unpaired) electrons. The molecule has 5 N–H and O–H groups in total. The molecule has 0 heterocycles. The fourth-order valence-corrected chi connectivity index (χ4v) is 1.09. The van der Waals surface area contributed by atoms with Gasteiger partial charge in [0.2, 0.25) is 0 Å². The molecule has 1 aromatic carbocycles. The lowest BCUT2D eigenvalue weighted by molar-refractivity contribution is -0.138. The van der Waals surface area contributed by atoms with Gasteiger partial charge in [-0.1, -0.05) is 30.3 Å². The third-order valence-electron chi connectivity index (χ3n) is 1.90. The first-order valence-corrected chi connectivity index (χ1v) is 4.22. The van der Waals surface area contributed by atoms with Gasteiger partial charge in [0.25, 0.3) is 0 Å². The van der Waals surface area contributed by atoms with Gasteiger partial charge in [-0.15, -0.1) is 0 Å². The third-order valence-corrected chi connectivity index (χ3v) is 1.90. The van der Waals surface area contributed by atoms with Gasteiger partial charge in [-0.05, 0) is 18.4 Å². The van der Waals surface area contributed by atoms with E-state index in [1.165, 1.54) is 0 Å². The van der Waals surface area contributed by atoms with E-state index < -0.39 is 12.0 Å². The van der Waals surface area contributed by atoms with Gasteiger partial charge in [0.15, 0.2) is 0 Å². The third kappa shape index (κ3) is 4.02. The summed E-state index contributed by atoms with van der Waals surface area (Å²) < 4.78 is 0. The Balaban J connectivity index is 0.00000169. The van der Waals surface area contributed by atoms with Gasteiger partial charge in [0, 0.05) is 0 Å². The lowest BCUT2D eigenvalue weighted by atomic mass is 10.1. The zero-order chi connectivity index (χ0) is 9.68. The minimum atomic E-state index is -0.934. The van der Waals surface area contributed by atoms with Crippen LogP contribution in [0, 0.1) is 0 Å². The Labute approximate surface area is 82.7 Å². The lowest BCUT2D eigenvalue weighted by Crippen LogP contribution is -2.30. The summed E-state index contributed by atoms with van der Waals surface area (Å²) in [5.74, 6) is -0.934. The first-order valence-electron chi connectivity index (χ1n) is 4.22. The monoisotopic (exact) mass is 197 g/mol. The van der Waals surface area contributed by atoms with Crippen LogP contribution in [0.1, 0.15) is 12.0 Å². The van der Waals surface area contributed by atoms with Crippen LogP contribution in [0.25, 0.3) is 0 Å². The Kier molecular flexibility index (Phi) is 5.52. The fourth-order valence-electron chi connectivity index (χ4n) is 1.09. The van der Waals surface area contributed by atoms with E-state index >= 15 is 0 Å². The molecule has 78 valence electrons. The van der Waals surface area contributed by atoms with Gasteiger partial charge < -0.3 is 16.3 Å². The van der Waals surface area contributed by atoms with E-state index in [-0.39, 0.29) is 5.48 Å². The van der Waals surface area contributed by atoms with Crippen LogP contribution in [-0.2, 0) is 11.2 Å². The van der Waals surface area contributed by atoms with Crippen molar-refractivity contribution in [2.24, 2.45) is 5.73 Å². The van der Waals surface area contributed by atoms with Crippen LogP contribution in [0.2, 0.25) is 0 Å². The Hall–Kier alpha value is -1.39. The van der Waals surface area contributed by atoms with E-state index in [9.17, 15) is 4.79 Å². The summed E-state index contributed by atoms with van der Waals surface area (Å²) in [5, 5.41) is 8.54. The second-order valence-electron chi connectivity index (χ2n) is 2.97. The molecule has 0 spiro atoms. The normalized spacial score (nSPS) is 11.5. The molecule has 0 aliphatic rings. The van der Waals surface area contributed by atoms with E-state index in [2.05, 4.69) is 0 Å². The first kappa shape index (κ1) is 12.6. The molecule has 0 aromatic heterocycles. The number of nitrogens with two attached hydrogens (primary N) is 1.